The minimum Gasteiger partial charge on any atom is -0.494 e. The summed E-state index contributed by atoms with van der Waals surface area (Å²) in [7, 11) is -4.13. The van der Waals surface area contributed by atoms with Crippen LogP contribution in [0.2, 0.25) is 0 Å². The molecule has 0 aromatic heterocycles. The largest absolute Gasteiger partial charge is 0.494 e. The number of carbonyl (C=O) groups is 2. The van der Waals surface area contributed by atoms with Crippen LogP contribution in [0.4, 0.5) is 5.69 Å². The van der Waals surface area contributed by atoms with Crippen LogP contribution >= 0.6 is 0 Å². The summed E-state index contributed by atoms with van der Waals surface area (Å²) < 4.78 is 34.5. The highest BCUT2D eigenvalue weighted by molar-refractivity contribution is 7.92. The zero-order chi connectivity index (χ0) is 30.1. The van der Waals surface area contributed by atoms with Crippen LogP contribution < -0.4 is 14.4 Å². The van der Waals surface area contributed by atoms with Crippen molar-refractivity contribution in [3.63, 3.8) is 0 Å². The second-order valence-corrected chi connectivity index (χ2v) is 12.6. The Balaban J connectivity index is 1.64. The number of anilines is 1. The summed E-state index contributed by atoms with van der Waals surface area (Å²) >= 11 is 0. The molecule has 8 nitrogen and oxygen atoms in total. The van der Waals surface area contributed by atoms with Gasteiger partial charge < -0.3 is 15.0 Å². The molecule has 1 atom stereocenters. The van der Waals surface area contributed by atoms with Crippen LogP contribution in [-0.2, 0) is 26.2 Å². The molecular formula is C33H41N3O5S. The molecule has 0 bridgehead atoms. The minimum atomic E-state index is -4.13. The lowest BCUT2D eigenvalue weighted by molar-refractivity contribution is -0.139. The fourth-order valence-electron chi connectivity index (χ4n) is 5.17. The van der Waals surface area contributed by atoms with Gasteiger partial charge in [-0.1, -0.05) is 67.3 Å². The average Bonchev–Trinajstić information content (AvgIpc) is 3.00. The first-order valence-corrected chi connectivity index (χ1v) is 16.1. The van der Waals surface area contributed by atoms with Gasteiger partial charge in [-0.2, -0.15) is 0 Å². The monoisotopic (exact) mass is 591 g/mol. The highest BCUT2D eigenvalue weighted by Gasteiger charge is 2.33. The van der Waals surface area contributed by atoms with Crippen LogP contribution in [0.1, 0.15) is 57.1 Å². The Hall–Kier alpha value is -3.85. The van der Waals surface area contributed by atoms with Gasteiger partial charge in [-0.3, -0.25) is 13.9 Å². The van der Waals surface area contributed by atoms with E-state index < -0.39 is 28.5 Å². The second-order valence-electron chi connectivity index (χ2n) is 10.8. The Labute approximate surface area is 249 Å². The summed E-state index contributed by atoms with van der Waals surface area (Å²) in [5.41, 5.74) is 2.29. The molecule has 4 rings (SSSR count). The van der Waals surface area contributed by atoms with Crippen molar-refractivity contribution < 1.29 is 22.7 Å². The normalized spacial score (nSPS) is 14.5. The van der Waals surface area contributed by atoms with Crippen molar-refractivity contribution >= 4 is 27.5 Å². The molecule has 0 unspecified atom stereocenters. The van der Waals surface area contributed by atoms with Crippen LogP contribution in [0.25, 0.3) is 0 Å². The molecule has 0 spiro atoms. The molecule has 3 aromatic carbocycles. The van der Waals surface area contributed by atoms with E-state index in [1.807, 2.05) is 38.1 Å². The smallest absolute Gasteiger partial charge is 0.264 e. The van der Waals surface area contributed by atoms with Gasteiger partial charge in [0.05, 0.1) is 17.2 Å². The standard InChI is InChI=1S/C33H41N3O5S/c1-4-41-30-19-21-31(22-20-30)42(39,40)36(29-13-9-6-10-14-29)24-32(37)35(23-27-17-15-25(2)16-18-27)26(3)33(38)34-28-11-7-5-8-12-28/h6,9-10,13-22,26,28H,4-5,7-8,11-12,23-24H2,1-3H3,(H,34,38)/t26-/m0/s1. The maximum Gasteiger partial charge on any atom is 0.264 e. The number of aryl methyl sites for hydroxylation is 1. The number of amides is 2. The van der Waals surface area contributed by atoms with E-state index in [1.54, 1.807) is 49.4 Å². The molecule has 1 aliphatic rings. The quantitative estimate of drug-likeness (QED) is 0.302. The molecule has 0 saturated heterocycles. The number of rotatable bonds is 12. The molecule has 0 heterocycles. The van der Waals surface area contributed by atoms with E-state index in [9.17, 15) is 18.0 Å². The van der Waals surface area contributed by atoms with Crippen molar-refractivity contribution in [2.45, 2.75) is 76.4 Å². The van der Waals surface area contributed by atoms with Crippen molar-refractivity contribution in [2.75, 3.05) is 17.5 Å². The molecule has 2 amide bonds. The molecule has 9 heteroatoms. The summed E-state index contributed by atoms with van der Waals surface area (Å²) in [6.45, 7) is 5.71. The molecule has 1 saturated carbocycles. The number of nitrogens with zero attached hydrogens (tertiary/aromatic N) is 2. The topological polar surface area (TPSA) is 96.0 Å². The first-order valence-electron chi connectivity index (χ1n) is 14.6. The SMILES string of the molecule is CCOc1ccc(S(=O)(=O)N(CC(=O)N(Cc2ccc(C)cc2)[C@@H](C)C(=O)NC2CCCCC2)c2ccccc2)cc1. The number of ether oxygens (including phenoxy) is 1. The summed E-state index contributed by atoms with van der Waals surface area (Å²) in [6, 6.07) is 21.8. The molecule has 224 valence electrons. The van der Waals surface area contributed by atoms with Gasteiger partial charge in [-0.05, 0) is 75.6 Å². The van der Waals surface area contributed by atoms with E-state index in [-0.39, 0.29) is 23.4 Å². The van der Waals surface area contributed by atoms with Gasteiger partial charge in [-0.25, -0.2) is 8.42 Å². The first kappa shape index (κ1) is 31.1. The number of benzene rings is 3. The van der Waals surface area contributed by atoms with Gasteiger partial charge in [0.25, 0.3) is 10.0 Å². The Morgan fingerprint density at radius 1 is 0.929 bits per heavy atom. The van der Waals surface area contributed by atoms with E-state index in [1.165, 1.54) is 17.0 Å². The van der Waals surface area contributed by atoms with Gasteiger partial charge in [0.2, 0.25) is 11.8 Å². The zero-order valence-electron chi connectivity index (χ0n) is 24.7. The highest BCUT2D eigenvalue weighted by atomic mass is 32.2. The van der Waals surface area contributed by atoms with Crippen molar-refractivity contribution in [2.24, 2.45) is 0 Å². The Morgan fingerprint density at radius 2 is 1.57 bits per heavy atom. The van der Waals surface area contributed by atoms with Crippen molar-refractivity contribution in [3.8, 4) is 5.75 Å². The number of hydrogen-bond acceptors (Lipinski definition) is 5. The zero-order valence-corrected chi connectivity index (χ0v) is 25.5. The Kier molecular flexibility index (Phi) is 10.6. The van der Waals surface area contributed by atoms with E-state index in [0.29, 0.717) is 18.0 Å². The molecule has 3 aromatic rings. The van der Waals surface area contributed by atoms with E-state index >= 15 is 0 Å². The lowest BCUT2D eigenvalue weighted by Crippen LogP contribution is -2.53. The third kappa shape index (κ3) is 7.91. The number of nitrogens with one attached hydrogen (secondary N) is 1. The number of sulfonamides is 1. The van der Waals surface area contributed by atoms with Gasteiger partial charge in [0.1, 0.15) is 18.3 Å². The second kappa shape index (κ2) is 14.4. The lowest BCUT2D eigenvalue weighted by Gasteiger charge is -2.33. The first-order chi connectivity index (χ1) is 20.2. The van der Waals surface area contributed by atoms with Crippen molar-refractivity contribution in [1.29, 1.82) is 0 Å². The number of para-hydroxylation sites is 1. The Bertz CT molecular complexity index is 1420. The summed E-state index contributed by atoms with van der Waals surface area (Å²) in [4.78, 5) is 29.0. The molecular weight excluding hydrogens is 550 g/mol. The maximum atomic E-state index is 14.1. The van der Waals surface area contributed by atoms with Crippen LogP contribution in [0, 0.1) is 6.92 Å². The molecule has 0 aliphatic heterocycles. The Morgan fingerprint density at radius 3 is 2.19 bits per heavy atom. The third-order valence-corrected chi connectivity index (χ3v) is 9.43. The van der Waals surface area contributed by atoms with Gasteiger partial charge in [0, 0.05) is 12.6 Å². The van der Waals surface area contributed by atoms with E-state index in [2.05, 4.69) is 5.32 Å². The third-order valence-electron chi connectivity index (χ3n) is 7.64. The van der Waals surface area contributed by atoms with Crippen LogP contribution in [-0.4, -0.2) is 50.4 Å². The maximum absolute atomic E-state index is 14.1. The molecule has 1 N–H and O–H groups in total. The molecule has 0 radical (unpaired) electrons. The fraction of sp³-hybridized carbons (Fsp3) is 0.394. The van der Waals surface area contributed by atoms with E-state index in [4.69, 9.17) is 4.74 Å². The summed E-state index contributed by atoms with van der Waals surface area (Å²) in [5, 5.41) is 3.13. The van der Waals surface area contributed by atoms with Crippen molar-refractivity contribution in [3.05, 3.63) is 90.0 Å². The van der Waals surface area contributed by atoms with Crippen LogP contribution in [0.15, 0.2) is 83.8 Å². The lowest BCUT2D eigenvalue weighted by atomic mass is 9.95. The summed E-state index contributed by atoms with van der Waals surface area (Å²) in [5.74, 6) is -0.149. The molecule has 1 aliphatic carbocycles. The molecule has 1 fully saturated rings. The average molecular weight is 592 g/mol. The number of carbonyl (C=O) groups excluding carboxylic acids is 2. The van der Waals surface area contributed by atoms with Gasteiger partial charge >= 0.3 is 0 Å². The van der Waals surface area contributed by atoms with Gasteiger partial charge in [0.15, 0.2) is 0 Å². The highest BCUT2D eigenvalue weighted by Crippen LogP contribution is 2.26. The molecule has 42 heavy (non-hydrogen) atoms. The van der Waals surface area contributed by atoms with Crippen LogP contribution in [0.5, 0.6) is 5.75 Å². The van der Waals surface area contributed by atoms with Gasteiger partial charge in [-0.15, -0.1) is 0 Å². The minimum absolute atomic E-state index is 0.0378. The summed E-state index contributed by atoms with van der Waals surface area (Å²) in [6.07, 6.45) is 5.15. The van der Waals surface area contributed by atoms with E-state index in [0.717, 1.165) is 47.5 Å². The number of hydrogen-bond donors (Lipinski definition) is 1. The fourth-order valence-corrected chi connectivity index (χ4v) is 6.58. The van der Waals surface area contributed by atoms with Crippen molar-refractivity contribution in [1.82, 2.24) is 10.2 Å². The predicted molar refractivity (Wildman–Crippen MR) is 165 cm³/mol. The van der Waals surface area contributed by atoms with Crippen LogP contribution in [0.3, 0.4) is 0 Å². The predicted octanol–water partition coefficient (Wildman–Crippen LogP) is 5.46.